The van der Waals surface area contributed by atoms with Crippen molar-refractivity contribution in [1.29, 1.82) is 0 Å². The first kappa shape index (κ1) is 16.5. The van der Waals surface area contributed by atoms with Crippen molar-refractivity contribution in [2.24, 2.45) is 0 Å². The van der Waals surface area contributed by atoms with E-state index in [9.17, 15) is 0 Å². The summed E-state index contributed by atoms with van der Waals surface area (Å²) in [6, 6.07) is 9.69. The van der Waals surface area contributed by atoms with Crippen LogP contribution in [-0.4, -0.2) is 12.1 Å². The first-order chi connectivity index (χ1) is 12.1. The van der Waals surface area contributed by atoms with Crippen molar-refractivity contribution in [3.8, 4) is 5.75 Å². The summed E-state index contributed by atoms with van der Waals surface area (Å²) in [4.78, 5) is 4.82. The van der Waals surface area contributed by atoms with Gasteiger partial charge in [0.15, 0.2) is 0 Å². The largest absolute Gasteiger partial charge is 0.495 e. The van der Waals surface area contributed by atoms with E-state index in [0.717, 1.165) is 47.1 Å². The number of aryl methyl sites for hydroxylation is 2. The Balaban J connectivity index is 1.93. The Morgan fingerprint density at radius 2 is 1.96 bits per heavy atom. The second kappa shape index (κ2) is 6.40. The van der Waals surface area contributed by atoms with Gasteiger partial charge in [-0.1, -0.05) is 23.2 Å². The Bertz CT molecular complexity index is 985. The van der Waals surface area contributed by atoms with Crippen LogP contribution >= 0.6 is 23.2 Å². The third-order valence-electron chi connectivity index (χ3n) is 4.71. The molecule has 0 spiro atoms. The summed E-state index contributed by atoms with van der Waals surface area (Å²) in [5.41, 5.74) is 6.35. The lowest BCUT2D eigenvalue weighted by molar-refractivity contribution is 0.417. The summed E-state index contributed by atoms with van der Waals surface area (Å²) in [7, 11) is 1.65. The monoisotopic (exact) mass is 372 g/mol. The SMILES string of the molecule is COc1cc(Cl)c(C)cc1Nc1c2c(nc3ccc(Cl)cc13)CCC2. The minimum absolute atomic E-state index is 0.690. The van der Waals surface area contributed by atoms with Crippen LogP contribution in [0.1, 0.15) is 23.2 Å². The van der Waals surface area contributed by atoms with Crippen molar-refractivity contribution in [2.75, 3.05) is 12.4 Å². The maximum absolute atomic E-state index is 6.25. The molecule has 2 aromatic carbocycles. The van der Waals surface area contributed by atoms with E-state index in [1.807, 2.05) is 37.3 Å². The highest BCUT2D eigenvalue weighted by Crippen LogP contribution is 2.40. The molecule has 0 unspecified atom stereocenters. The Hall–Kier alpha value is -1.97. The van der Waals surface area contributed by atoms with Gasteiger partial charge >= 0.3 is 0 Å². The molecule has 1 N–H and O–H groups in total. The van der Waals surface area contributed by atoms with Crippen molar-refractivity contribution < 1.29 is 4.74 Å². The number of pyridine rings is 1. The van der Waals surface area contributed by atoms with Crippen LogP contribution in [0.5, 0.6) is 5.75 Å². The fourth-order valence-electron chi connectivity index (χ4n) is 3.44. The van der Waals surface area contributed by atoms with Crippen LogP contribution in [0.15, 0.2) is 30.3 Å². The molecule has 3 aromatic rings. The molecule has 0 radical (unpaired) electrons. The van der Waals surface area contributed by atoms with E-state index >= 15 is 0 Å². The number of ether oxygens (including phenoxy) is 1. The van der Waals surface area contributed by atoms with Gasteiger partial charge in [0.25, 0.3) is 0 Å². The topological polar surface area (TPSA) is 34.1 Å². The number of nitrogens with zero attached hydrogens (tertiary/aromatic N) is 1. The van der Waals surface area contributed by atoms with Crippen molar-refractivity contribution in [3.05, 3.63) is 57.2 Å². The molecule has 1 aromatic heterocycles. The average Bonchev–Trinajstić information content (AvgIpc) is 3.06. The summed E-state index contributed by atoms with van der Waals surface area (Å²) in [5.74, 6) is 0.717. The van der Waals surface area contributed by atoms with Gasteiger partial charge in [-0.05, 0) is 61.6 Å². The highest BCUT2D eigenvalue weighted by molar-refractivity contribution is 6.32. The molecular formula is C20H18Cl2N2O. The Kier molecular flexibility index (Phi) is 4.22. The van der Waals surface area contributed by atoms with Crippen LogP contribution in [0.25, 0.3) is 10.9 Å². The van der Waals surface area contributed by atoms with E-state index in [1.165, 1.54) is 11.3 Å². The highest BCUT2D eigenvalue weighted by Gasteiger charge is 2.21. The standard InChI is InChI=1S/C20H18Cl2N2O/c1-11-8-18(19(25-2)10-15(11)22)24-20-13-4-3-5-16(13)23-17-7-6-12(21)9-14(17)20/h6-10H,3-5H2,1-2H3,(H,23,24). The van der Waals surface area contributed by atoms with Crippen LogP contribution < -0.4 is 10.1 Å². The lowest BCUT2D eigenvalue weighted by Gasteiger charge is -2.18. The molecule has 0 aliphatic heterocycles. The van der Waals surface area contributed by atoms with E-state index in [0.29, 0.717) is 15.8 Å². The number of rotatable bonds is 3. The third kappa shape index (κ3) is 2.92. The lowest BCUT2D eigenvalue weighted by atomic mass is 10.1. The van der Waals surface area contributed by atoms with E-state index in [-0.39, 0.29) is 0 Å². The fourth-order valence-corrected chi connectivity index (χ4v) is 3.77. The van der Waals surface area contributed by atoms with Crippen molar-refractivity contribution >= 4 is 45.5 Å². The van der Waals surface area contributed by atoms with E-state index < -0.39 is 0 Å². The minimum atomic E-state index is 0.690. The smallest absolute Gasteiger partial charge is 0.143 e. The molecule has 25 heavy (non-hydrogen) atoms. The Labute approximate surface area is 156 Å². The number of hydrogen-bond acceptors (Lipinski definition) is 3. The van der Waals surface area contributed by atoms with Gasteiger partial charge in [-0.25, -0.2) is 0 Å². The first-order valence-corrected chi connectivity index (χ1v) is 9.04. The average molecular weight is 373 g/mol. The lowest BCUT2D eigenvalue weighted by Crippen LogP contribution is -2.02. The number of fused-ring (bicyclic) bond motifs is 2. The molecule has 0 fully saturated rings. The molecule has 1 aliphatic rings. The molecule has 1 heterocycles. The number of methoxy groups -OCH3 is 1. The zero-order chi connectivity index (χ0) is 17.6. The molecule has 0 saturated carbocycles. The molecule has 0 saturated heterocycles. The molecule has 4 rings (SSSR count). The zero-order valence-electron chi connectivity index (χ0n) is 14.1. The second-order valence-corrected chi connectivity index (χ2v) is 7.20. The Morgan fingerprint density at radius 3 is 2.76 bits per heavy atom. The second-order valence-electron chi connectivity index (χ2n) is 6.35. The van der Waals surface area contributed by atoms with Crippen LogP contribution in [0.2, 0.25) is 10.0 Å². The summed E-state index contributed by atoms with van der Waals surface area (Å²) in [5, 5.41) is 6.00. The first-order valence-electron chi connectivity index (χ1n) is 8.29. The van der Waals surface area contributed by atoms with Crippen molar-refractivity contribution in [2.45, 2.75) is 26.2 Å². The van der Waals surface area contributed by atoms with Gasteiger partial charge in [0.05, 0.1) is 24.0 Å². The Morgan fingerprint density at radius 1 is 1.12 bits per heavy atom. The molecule has 0 atom stereocenters. The predicted octanol–water partition coefficient (Wildman–Crippen LogP) is 6.09. The number of aromatic nitrogens is 1. The van der Waals surface area contributed by atoms with Gasteiger partial charge in [0.2, 0.25) is 0 Å². The number of nitrogens with one attached hydrogen (secondary N) is 1. The quantitative estimate of drug-likeness (QED) is 0.603. The number of hydrogen-bond donors (Lipinski definition) is 1. The number of anilines is 2. The molecule has 0 amide bonds. The summed E-state index contributed by atoms with van der Waals surface area (Å²) in [6.45, 7) is 1.99. The molecule has 1 aliphatic carbocycles. The minimum Gasteiger partial charge on any atom is -0.495 e. The molecular weight excluding hydrogens is 355 g/mol. The molecule has 0 bridgehead atoms. The van der Waals surface area contributed by atoms with Gasteiger partial charge in [0.1, 0.15) is 5.75 Å². The van der Waals surface area contributed by atoms with Gasteiger partial charge in [-0.3, -0.25) is 4.98 Å². The van der Waals surface area contributed by atoms with Crippen LogP contribution in [-0.2, 0) is 12.8 Å². The predicted molar refractivity (Wildman–Crippen MR) is 105 cm³/mol. The van der Waals surface area contributed by atoms with Crippen LogP contribution in [0.4, 0.5) is 11.4 Å². The highest BCUT2D eigenvalue weighted by atomic mass is 35.5. The normalized spacial score (nSPS) is 13.1. The molecule has 128 valence electrons. The van der Waals surface area contributed by atoms with Gasteiger partial charge < -0.3 is 10.1 Å². The summed E-state index contributed by atoms with van der Waals surface area (Å²) >= 11 is 12.5. The maximum atomic E-state index is 6.25. The van der Waals surface area contributed by atoms with E-state index in [4.69, 9.17) is 32.9 Å². The maximum Gasteiger partial charge on any atom is 0.143 e. The summed E-state index contributed by atoms with van der Waals surface area (Å²) in [6.07, 6.45) is 3.15. The van der Waals surface area contributed by atoms with Crippen LogP contribution in [0, 0.1) is 6.92 Å². The fraction of sp³-hybridized carbons (Fsp3) is 0.250. The van der Waals surface area contributed by atoms with Gasteiger partial charge in [-0.2, -0.15) is 0 Å². The van der Waals surface area contributed by atoms with E-state index in [2.05, 4.69) is 5.32 Å². The molecule has 5 heteroatoms. The van der Waals surface area contributed by atoms with Gasteiger partial charge in [0, 0.05) is 27.2 Å². The third-order valence-corrected chi connectivity index (χ3v) is 5.36. The summed E-state index contributed by atoms with van der Waals surface area (Å²) < 4.78 is 5.52. The van der Waals surface area contributed by atoms with Crippen LogP contribution in [0.3, 0.4) is 0 Å². The van der Waals surface area contributed by atoms with Gasteiger partial charge in [-0.15, -0.1) is 0 Å². The zero-order valence-corrected chi connectivity index (χ0v) is 15.6. The van der Waals surface area contributed by atoms with Crippen molar-refractivity contribution in [1.82, 2.24) is 4.98 Å². The van der Waals surface area contributed by atoms with E-state index in [1.54, 1.807) is 7.11 Å². The van der Waals surface area contributed by atoms with Crippen molar-refractivity contribution in [3.63, 3.8) is 0 Å². The molecule has 3 nitrogen and oxygen atoms in total. The number of halogens is 2. The number of benzene rings is 2.